The molecule has 0 amide bonds. The molecule has 0 radical (unpaired) electrons. The number of rotatable bonds is 4. The van der Waals surface area contributed by atoms with Gasteiger partial charge in [-0.1, -0.05) is 47.6 Å². The second-order valence-electron chi connectivity index (χ2n) is 5.90. The van der Waals surface area contributed by atoms with E-state index in [-0.39, 0.29) is 5.41 Å². The molecule has 1 aliphatic rings. The minimum Gasteiger partial charge on any atom is -0.281 e. The molecule has 0 aliphatic carbocycles. The van der Waals surface area contributed by atoms with E-state index >= 15 is 0 Å². The Kier molecular flexibility index (Phi) is 3.42. The van der Waals surface area contributed by atoms with Crippen molar-refractivity contribution < 1.29 is 0 Å². The van der Waals surface area contributed by atoms with Crippen LogP contribution in [0, 0.1) is 10.8 Å². The van der Waals surface area contributed by atoms with Gasteiger partial charge >= 0.3 is 0 Å². The first kappa shape index (κ1) is 12.5. The first-order valence-corrected chi connectivity index (χ1v) is 6.10. The van der Waals surface area contributed by atoms with Crippen molar-refractivity contribution in [2.24, 2.45) is 15.8 Å². The van der Waals surface area contributed by atoms with Crippen LogP contribution in [-0.2, 0) is 0 Å². The zero-order chi connectivity index (χ0) is 11.7. The minimum atomic E-state index is 0.231. The fraction of sp³-hybridized carbons (Fsp3) is 0.786. The zero-order valence-electron chi connectivity index (χ0n) is 11.1. The third-order valence-electron chi connectivity index (χ3n) is 4.00. The molecule has 0 aromatic carbocycles. The van der Waals surface area contributed by atoms with Crippen molar-refractivity contribution in [2.75, 3.05) is 0 Å². The molecule has 0 aromatic heterocycles. The van der Waals surface area contributed by atoms with Crippen molar-refractivity contribution in [2.45, 2.75) is 60.4 Å². The second kappa shape index (κ2) is 4.11. The minimum absolute atomic E-state index is 0.231. The van der Waals surface area contributed by atoms with E-state index in [2.05, 4.69) is 53.7 Å². The van der Waals surface area contributed by atoms with E-state index in [9.17, 15) is 0 Å². The Labute approximate surface area is 94.7 Å². The summed E-state index contributed by atoms with van der Waals surface area (Å²) in [4.78, 5) is 4.88. The van der Waals surface area contributed by atoms with Crippen LogP contribution in [-0.4, -0.2) is 11.8 Å². The van der Waals surface area contributed by atoms with Crippen LogP contribution < -0.4 is 0 Å². The molecule has 1 heteroatoms. The summed E-state index contributed by atoms with van der Waals surface area (Å²) in [6.07, 6.45) is 6.82. The highest BCUT2D eigenvalue weighted by atomic mass is 14.8. The van der Waals surface area contributed by atoms with Gasteiger partial charge in [-0.25, -0.2) is 0 Å². The average molecular weight is 207 g/mol. The van der Waals surface area contributed by atoms with Crippen LogP contribution in [0.25, 0.3) is 0 Å². The van der Waals surface area contributed by atoms with Crippen molar-refractivity contribution in [1.29, 1.82) is 0 Å². The molecule has 0 saturated carbocycles. The van der Waals surface area contributed by atoms with Gasteiger partial charge in [0.15, 0.2) is 0 Å². The van der Waals surface area contributed by atoms with E-state index in [1.165, 1.54) is 12.1 Å². The zero-order valence-corrected chi connectivity index (χ0v) is 11.1. The number of nitrogens with zero attached hydrogens (tertiary/aromatic N) is 1. The van der Waals surface area contributed by atoms with Crippen LogP contribution in [0.1, 0.15) is 54.4 Å². The molecular weight excluding hydrogens is 182 g/mol. The van der Waals surface area contributed by atoms with Gasteiger partial charge in [0.25, 0.3) is 0 Å². The summed E-state index contributed by atoms with van der Waals surface area (Å²) in [5, 5.41) is 0. The summed E-state index contributed by atoms with van der Waals surface area (Å²) in [5.74, 6) is 0. The lowest BCUT2D eigenvalue weighted by Gasteiger charge is -2.28. The van der Waals surface area contributed by atoms with Gasteiger partial charge in [-0.05, 0) is 24.3 Å². The van der Waals surface area contributed by atoms with Crippen molar-refractivity contribution >= 4 is 5.71 Å². The first-order chi connectivity index (χ1) is 6.83. The van der Waals surface area contributed by atoms with Crippen molar-refractivity contribution in [3.8, 4) is 0 Å². The maximum atomic E-state index is 4.88. The predicted octanol–water partition coefficient (Wildman–Crippen LogP) is 4.24. The maximum absolute atomic E-state index is 4.88. The SMILES string of the molecule is CCC(C)(C)C1=NC(C(C)(C)CC)C=C1. The number of hydrogen-bond donors (Lipinski definition) is 0. The van der Waals surface area contributed by atoms with Gasteiger partial charge < -0.3 is 0 Å². The third kappa shape index (κ3) is 2.50. The molecule has 1 heterocycles. The van der Waals surface area contributed by atoms with Gasteiger partial charge in [0, 0.05) is 11.1 Å². The molecule has 1 aliphatic heterocycles. The summed E-state index contributed by atoms with van der Waals surface area (Å²) in [7, 11) is 0. The Balaban J connectivity index is 2.85. The molecule has 0 fully saturated rings. The van der Waals surface area contributed by atoms with Gasteiger partial charge in [-0.3, -0.25) is 4.99 Å². The summed E-state index contributed by atoms with van der Waals surface area (Å²) in [6, 6.07) is 0.378. The highest BCUT2D eigenvalue weighted by molar-refractivity contribution is 6.01. The Bertz CT molecular complexity index is 282. The Morgan fingerprint density at radius 2 is 1.73 bits per heavy atom. The maximum Gasteiger partial charge on any atom is 0.0737 e. The predicted molar refractivity (Wildman–Crippen MR) is 68.5 cm³/mol. The summed E-state index contributed by atoms with van der Waals surface area (Å²) in [6.45, 7) is 13.6. The Morgan fingerprint density at radius 1 is 1.13 bits per heavy atom. The van der Waals surface area contributed by atoms with Gasteiger partial charge in [0.2, 0.25) is 0 Å². The van der Waals surface area contributed by atoms with Crippen molar-refractivity contribution in [3.05, 3.63) is 12.2 Å². The molecule has 15 heavy (non-hydrogen) atoms. The fourth-order valence-electron chi connectivity index (χ4n) is 1.64. The van der Waals surface area contributed by atoms with Gasteiger partial charge in [-0.15, -0.1) is 0 Å². The molecule has 1 unspecified atom stereocenters. The van der Waals surface area contributed by atoms with E-state index in [0.29, 0.717) is 11.5 Å². The lowest BCUT2D eigenvalue weighted by molar-refractivity contribution is 0.315. The van der Waals surface area contributed by atoms with Crippen LogP contribution in [0.4, 0.5) is 0 Å². The normalized spacial score (nSPS) is 22.0. The fourth-order valence-corrected chi connectivity index (χ4v) is 1.64. The van der Waals surface area contributed by atoms with Gasteiger partial charge in [0.05, 0.1) is 6.04 Å². The average Bonchev–Trinajstić information content (AvgIpc) is 2.67. The highest BCUT2D eigenvalue weighted by Gasteiger charge is 2.31. The van der Waals surface area contributed by atoms with Crippen molar-refractivity contribution in [3.63, 3.8) is 0 Å². The van der Waals surface area contributed by atoms with E-state index in [4.69, 9.17) is 4.99 Å². The molecule has 0 saturated heterocycles. The molecule has 86 valence electrons. The highest BCUT2D eigenvalue weighted by Crippen LogP contribution is 2.34. The third-order valence-corrected chi connectivity index (χ3v) is 4.00. The molecule has 1 atom stereocenters. The molecule has 1 rings (SSSR count). The van der Waals surface area contributed by atoms with Gasteiger partial charge in [-0.2, -0.15) is 0 Å². The summed E-state index contributed by atoms with van der Waals surface area (Å²) < 4.78 is 0. The van der Waals surface area contributed by atoms with Crippen LogP contribution in [0.15, 0.2) is 17.1 Å². The largest absolute Gasteiger partial charge is 0.281 e. The van der Waals surface area contributed by atoms with E-state index in [0.717, 1.165) is 6.42 Å². The molecule has 0 aromatic rings. The van der Waals surface area contributed by atoms with Crippen LogP contribution in [0.5, 0.6) is 0 Å². The smallest absolute Gasteiger partial charge is 0.0737 e. The second-order valence-corrected chi connectivity index (χ2v) is 5.90. The molecule has 0 bridgehead atoms. The lowest BCUT2D eigenvalue weighted by atomic mass is 9.82. The first-order valence-electron chi connectivity index (χ1n) is 6.10. The van der Waals surface area contributed by atoms with Crippen LogP contribution in [0.2, 0.25) is 0 Å². The number of allylic oxidation sites excluding steroid dienone is 1. The number of hydrogen-bond acceptors (Lipinski definition) is 1. The van der Waals surface area contributed by atoms with E-state index < -0.39 is 0 Å². The summed E-state index contributed by atoms with van der Waals surface area (Å²) >= 11 is 0. The number of aliphatic imine (C=N–C) groups is 1. The Hall–Kier alpha value is -0.590. The monoisotopic (exact) mass is 207 g/mol. The standard InChI is InChI=1S/C14H25N/c1-7-13(3,4)11-9-10-12(15-11)14(5,6)8-2/h9-11H,7-8H2,1-6H3. The Morgan fingerprint density at radius 3 is 2.20 bits per heavy atom. The summed E-state index contributed by atoms with van der Waals surface area (Å²) in [5.41, 5.74) is 1.80. The molecular formula is C14H25N. The van der Waals surface area contributed by atoms with Crippen LogP contribution >= 0.6 is 0 Å². The van der Waals surface area contributed by atoms with Crippen molar-refractivity contribution in [1.82, 2.24) is 0 Å². The van der Waals surface area contributed by atoms with Crippen LogP contribution in [0.3, 0.4) is 0 Å². The quantitative estimate of drug-likeness (QED) is 0.654. The topological polar surface area (TPSA) is 12.4 Å². The van der Waals surface area contributed by atoms with Gasteiger partial charge in [0.1, 0.15) is 0 Å². The van der Waals surface area contributed by atoms with E-state index in [1.807, 2.05) is 0 Å². The molecule has 0 N–H and O–H groups in total. The molecule has 1 nitrogen and oxygen atoms in total. The van der Waals surface area contributed by atoms with E-state index in [1.54, 1.807) is 0 Å². The molecule has 0 spiro atoms. The lowest BCUT2D eigenvalue weighted by Crippen LogP contribution is -2.26.